The molecule has 0 radical (unpaired) electrons. The molecule has 2 fully saturated rings. The van der Waals surface area contributed by atoms with Gasteiger partial charge in [-0.1, -0.05) is 6.07 Å². The fourth-order valence-corrected chi connectivity index (χ4v) is 5.48. The Labute approximate surface area is 241 Å². The number of hydrogen-bond donors (Lipinski definition) is 0. The van der Waals surface area contributed by atoms with Crippen molar-refractivity contribution in [2.75, 3.05) is 43.2 Å². The Kier molecular flexibility index (Phi) is 8.15. The van der Waals surface area contributed by atoms with Gasteiger partial charge in [-0.2, -0.15) is 8.78 Å². The molecule has 0 aliphatic carbocycles. The molecule has 2 aliphatic heterocycles. The number of likely N-dealkylation sites (tertiary alicyclic amines) is 1. The summed E-state index contributed by atoms with van der Waals surface area (Å²) in [6.45, 7) is 3.86. The normalized spacial score (nSPS) is 16.4. The van der Waals surface area contributed by atoms with Crippen molar-refractivity contribution in [3.05, 3.63) is 72.6 Å². The first-order valence-electron chi connectivity index (χ1n) is 13.9. The van der Waals surface area contributed by atoms with Crippen molar-refractivity contribution in [2.45, 2.75) is 37.9 Å². The fraction of sp³-hybridized carbons (Fsp3) is 0.367. The van der Waals surface area contributed by atoms with Crippen molar-refractivity contribution in [3.63, 3.8) is 0 Å². The van der Waals surface area contributed by atoms with Gasteiger partial charge in [-0.25, -0.2) is 0 Å². The Morgan fingerprint density at radius 1 is 1.00 bits per heavy atom. The molecule has 2 aliphatic rings. The Morgan fingerprint density at radius 3 is 2.38 bits per heavy atom. The van der Waals surface area contributed by atoms with Crippen LogP contribution < -0.4 is 9.80 Å². The van der Waals surface area contributed by atoms with Crippen LogP contribution in [-0.4, -0.2) is 76.9 Å². The quantitative estimate of drug-likeness (QED) is 0.251. The number of piperidine rings is 1. The summed E-state index contributed by atoms with van der Waals surface area (Å²) < 4.78 is 36.1. The van der Waals surface area contributed by atoms with E-state index in [-0.39, 0.29) is 12.4 Å². The molecule has 1 amide bonds. The second kappa shape index (κ2) is 12.3. The Bertz CT molecular complexity index is 1490. The highest BCUT2D eigenvalue weighted by atomic mass is 19.3. The highest BCUT2D eigenvalue weighted by molar-refractivity contribution is 5.87. The topological polar surface area (TPSA) is 101 Å². The van der Waals surface area contributed by atoms with Gasteiger partial charge in [0.15, 0.2) is 0 Å². The Morgan fingerprint density at radius 2 is 1.76 bits per heavy atom. The van der Waals surface area contributed by atoms with E-state index in [1.165, 1.54) is 6.20 Å². The molecule has 0 N–H and O–H groups in total. The molecule has 12 heteroatoms. The van der Waals surface area contributed by atoms with Crippen molar-refractivity contribution in [2.24, 2.45) is 0 Å². The minimum absolute atomic E-state index is 0.0388. The number of halogens is 2. The number of carbonyl (C=O) groups is 1. The summed E-state index contributed by atoms with van der Waals surface area (Å²) in [5.74, 6) is -0.779. The second-order valence-electron chi connectivity index (χ2n) is 10.5. The van der Waals surface area contributed by atoms with E-state index in [1.54, 1.807) is 29.4 Å². The van der Waals surface area contributed by atoms with Gasteiger partial charge in [-0.05, 0) is 60.4 Å². The predicted octanol–water partition coefficient (Wildman–Crippen LogP) is 4.59. The molecule has 4 aromatic rings. The van der Waals surface area contributed by atoms with Crippen LogP contribution in [0.15, 0.2) is 65.5 Å². The second-order valence-corrected chi connectivity index (χ2v) is 10.5. The van der Waals surface area contributed by atoms with Gasteiger partial charge >= 0.3 is 6.43 Å². The number of carbonyl (C=O) groups excluding carboxylic acids is 1. The summed E-state index contributed by atoms with van der Waals surface area (Å²) in [5, 5.41) is 7.04. The number of ether oxygens (including phenoxy) is 1. The Balaban J connectivity index is 1.25. The molecule has 0 unspecified atom stereocenters. The summed E-state index contributed by atoms with van der Waals surface area (Å²) in [5.41, 5.74) is 4.81. The van der Waals surface area contributed by atoms with Gasteiger partial charge in [0.1, 0.15) is 0 Å². The molecule has 3 aromatic heterocycles. The molecule has 6 rings (SSSR count). The maximum atomic E-state index is 12.8. The molecule has 2 saturated heterocycles. The van der Waals surface area contributed by atoms with E-state index in [0.717, 1.165) is 68.1 Å². The minimum Gasteiger partial charge on any atom is -0.415 e. The third-order valence-electron chi connectivity index (χ3n) is 8.02. The summed E-state index contributed by atoms with van der Waals surface area (Å²) in [4.78, 5) is 27.5. The van der Waals surface area contributed by atoms with Crippen LogP contribution in [0.1, 0.15) is 30.9 Å². The van der Waals surface area contributed by atoms with Crippen LogP contribution in [0.5, 0.6) is 0 Å². The molecule has 42 heavy (non-hydrogen) atoms. The van der Waals surface area contributed by atoms with Crippen molar-refractivity contribution < 1.29 is 22.7 Å². The number of anilines is 2. The van der Waals surface area contributed by atoms with E-state index < -0.39 is 12.3 Å². The molecule has 1 aromatic carbocycles. The molecule has 0 atom stereocenters. The first kappa shape index (κ1) is 27.9. The molecule has 218 valence electrons. The zero-order valence-corrected chi connectivity index (χ0v) is 23.1. The van der Waals surface area contributed by atoms with Crippen molar-refractivity contribution in [1.82, 2.24) is 25.1 Å². The average Bonchev–Trinajstić information content (AvgIpc) is 3.51. The molecule has 0 bridgehead atoms. The average molecular weight is 576 g/mol. The van der Waals surface area contributed by atoms with Gasteiger partial charge in [0.25, 0.3) is 5.89 Å². The standard InChI is InChI=1S/C30H31F2N7O3/c1-37(24-8-12-38(13-9-24)25-17-41-18-25)27-14-21(20-6-10-33-11-7-20)3-5-26(27)39(19-40)16-23-4-2-22(15-34-23)29-35-36-30(42-29)28(31)32/h2-7,10-11,14-15,19,24-25,28H,8-9,12-13,16-18H2,1H3. The number of aromatic nitrogens is 4. The highest BCUT2D eigenvalue weighted by Crippen LogP contribution is 2.36. The van der Waals surface area contributed by atoms with Gasteiger partial charge in [-0.15, -0.1) is 10.2 Å². The maximum absolute atomic E-state index is 12.8. The van der Waals surface area contributed by atoms with Crippen LogP contribution >= 0.6 is 0 Å². The third kappa shape index (κ3) is 5.86. The van der Waals surface area contributed by atoms with Crippen LogP contribution in [0.2, 0.25) is 0 Å². The molecule has 0 spiro atoms. The number of rotatable bonds is 10. The lowest BCUT2D eigenvalue weighted by atomic mass is 9.99. The van der Waals surface area contributed by atoms with Crippen LogP contribution in [-0.2, 0) is 16.1 Å². The zero-order valence-electron chi connectivity index (χ0n) is 23.1. The molecule has 10 nitrogen and oxygen atoms in total. The summed E-state index contributed by atoms with van der Waals surface area (Å²) >= 11 is 0. The number of hydrogen-bond acceptors (Lipinski definition) is 9. The van der Waals surface area contributed by atoms with Gasteiger partial charge in [0.2, 0.25) is 12.3 Å². The first-order valence-corrected chi connectivity index (χ1v) is 13.9. The van der Waals surface area contributed by atoms with E-state index in [4.69, 9.17) is 9.15 Å². The van der Waals surface area contributed by atoms with E-state index in [2.05, 4.69) is 43.1 Å². The summed E-state index contributed by atoms with van der Waals surface area (Å²) in [7, 11) is 2.09. The van der Waals surface area contributed by atoms with Gasteiger partial charge < -0.3 is 19.0 Å². The van der Waals surface area contributed by atoms with Crippen LogP contribution in [0.4, 0.5) is 20.2 Å². The van der Waals surface area contributed by atoms with Gasteiger partial charge in [0.05, 0.1) is 48.4 Å². The minimum atomic E-state index is -2.85. The number of nitrogens with zero attached hydrogens (tertiary/aromatic N) is 7. The predicted molar refractivity (Wildman–Crippen MR) is 152 cm³/mol. The van der Waals surface area contributed by atoms with Gasteiger partial charge in [-0.3, -0.25) is 19.7 Å². The first-order chi connectivity index (χ1) is 20.5. The van der Waals surface area contributed by atoms with Crippen molar-refractivity contribution in [1.29, 1.82) is 0 Å². The Hall–Kier alpha value is -4.29. The zero-order chi connectivity index (χ0) is 29.1. The number of alkyl halides is 2. The smallest absolute Gasteiger partial charge is 0.314 e. The lowest BCUT2D eigenvalue weighted by molar-refractivity contribution is -0.107. The van der Waals surface area contributed by atoms with Crippen molar-refractivity contribution >= 4 is 17.8 Å². The summed E-state index contributed by atoms with van der Waals surface area (Å²) in [6.07, 6.45) is 4.99. The van der Waals surface area contributed by atoms with Crippen LogP contribution in [0.25, 0.3) is 22.6 Å². The highest BCUT2D eigenvalue weighted by Gasteiger charge is 2.32. The summed E-state index contributed by atoms with van der Waals surface area (Å²) in [6, 6.07) is 14.2. The fourth-order valence-electron chi connectivity index (χ4n) is 5.48. The maximum Gasteiger partial charge on any atom is 0.314 e. The molecule has 0 saturated carbocycles. The SMILES string of the molecule is CN(c1cc(-c2ccncc2)ccc1N(C=O)Cc1ccc(-c2nnc(C(F)F)o2)cn1)C1CCN(C2COC2)CC1. The van der Waals surface area contributed by atoms with Gasteiger partial charge in [0, 0.05) is 44.8 Å². The molecular weight excluding hydrogens is 544 g/mol. The number of pyridine rings is 2. The monoisotopic (exact) mass is 575 g/mol. The van der Waals surface area contributed by atoms with Crippen LogP contribution in [0, 0.1) is 0 Å². The van der Waals surface area contributed by atoms with E-state index >= 15 is 0 Å². The molecular formula is C30H31F2N7O3. The lowest BCUT2D eigenvalue weighted by Crippen LogP contribution is -2.54. The number of benzene rings is 1. The van der Waals surface area contributed by atoms with Crippen molar-refractivity contribution in [3.8, 4) is 22.6 Å². The largest absolute Gasteiger partial charge is 0.415 e. The van der Waals surface area contributed by atoms with E-state index in [0.29, 0.717) is 23.3 Å². The number of amides is 1. The van der Waals surface area contributed by atoms with E-state index in [9.17, 15) is 13.6 Å². The molecule has 5 heterocycles. The lowest BCUT2D eigenvalue weighted by Gasteiger charge is -2.44. The third-order valence-corrected chi connectivity index (χ3v) is 8.02. The van der Waals surface area contributed by atoms with E-state index in [1.807, 2.05) is 24.3 Å². The van der Waals surface area contributed by atoms with Crippen LogP contribution in [0.3, 0.4) is 0 Å².